The molecule has 0 unspecified atom stereocenters. The van der Waals surface area contributed by atoms with Gasteiger partial charge in [-0.3, -0.25) is 4.79 Å². The Balaban J connectivity index is 1.82. The minimum Gasteiger partial charge on any atom is -0.397 e. The van der Waals surface area contributed by atoms with Crippen LogP contribution in [0.25, 0.3) is 0 Å². The summed E-state index contributed by atoms with van der Waals surface area (Å²) in [5.41, 5.74) is 6.79. The molecule has 2 rings (SSSR count). The number of carbonyl (C=O) groups excluding carboxylic acids is 1. The molecule has 2 aromatic rings. The predicted molar refractivity (Wildman–Crippen MR) is 81.9 cm³/mol. The van der Waals surface area contributed by atoms with E-state index in [1.54, 1.807) is 30.5 Å². The van der Waals surface area contributed by atoms with Gasteiger partial charge in [0.05, 0.1) is 16.4 Å². The molecule has 1 heterocycles. The third kappa shape index (κ3) is 4.40. The van der Waals surface area contributed by atoms with Crippen LogP contribution in [0.1, 0.15) is 6.42 Å². The van der Waals surface area contributed by atoms with Crippen molar-refractivity contribution in [2.75, 3.05) is 16.8 Å². The highest BCUT2D eigenvalue weighted by molar-refractivity contribution is 7.99. The van der Waals surface area contributed by atoms with Crippen molar-refractivity contribution in [1.82, 2.24) is 9.97 Å². The van der Waals surface area contributed by atoms with Gasteiger partial charge in [-0.25, -0.2) is 9.97 Å². The maximum absolute atomic E-state index is 11.8. The van der Waals surface area contributed by atoms with Crippen LogP contribution in [-0.4, -0.2) is 21.6 Å². The van der Waals surface area contributed by atoms with Crippen molar-refractivity contribution < 1.29 is 4.79 Å². The van der Waals surface area contributed by atoms with Gasteiger partial charge < -0.3 is 11.1 Å². The molecular formula is C13H13ClN4OS. The Morgan fingerprint density at radius 1 is 1.40 bits per heavy atom. The standard InChI is InChI=1S/C13H13ClN4OS/c14-9-1-2-10(15)11(7-9)18-12(19)4-6-20-13-3-5-16-8-17-13/h1-3,5,7-8H,4,6,15H2,(H,18,19). The summed E-state index contributed by atoms with van der Waals surface area (Å²) < 4.78 is 0. The second-order valence-corrected chi connectivity index (χ2v) is 5.48. The molecular weight excluding hydrogens is 296 g/mol. The monoisotopic (exact) mass is 308 g/mol. The number of amides is 1. The van der Waals surface area contributed by atoms with E-state index in [2.05, 4.69) is 15.3 Å². The summed E-state index contributed by atoms with van der Waals surface area (Å²) in [7, 11) is 0. The molecule has 104 valence electrons. The molecule has 0 atom stereocenters. The SMILES string of the molecule is Nc1ccc(Cl)cc1NC(=O)CCSc1ccncn1. The van der Waals surface area contributed by atoms with Crippen molar-refractivity contribution in [1.29, 1.82) is 0 Å². The van der Waals surface area contributed by atoms with Gasteiger partial charge in [0.15, 0.2) is 0 Å². The van der Waals surface area contributed by atoms with Crippen LogP contribution >= 0.6 is 23.4 Å². The van der Waals surface area contributed by atoms with Crippen molar-refractivity contribution in [2.45, 2.75) is 11.4 Å². The van der Waals surface area contributed by atoms with Crippen LogP contribution in [0.5, 0.6) is 0 Å². The summed E-state index contributed by atoms with van der Waals surface area (Å²) in [6.45, 7) is 0. The molecule has 1 aromatic carbocycles. The van der Waals surface area contributed by atoms with Crippen molar-refractivity contribution >= 4 is 40.6 Å². The number of hydrogen-bond donors (Lipinski definition) is 2. The van der Waals surface area contributed by atoms with Crippen LogP contribution in [0, 0.1) is 0 Å². The van der Waals surface area contributed by atoms with Gasteiger partial charge in [0.1, 0.15) is 6.33 Å². The van der Waals surface area contributed by atoms with Gasteiger partial charge in [0, 0.05) is 23.4 Å². The first-order chi connectivity index (χ1) is 9.65. The number of thioether (sulfide) groups is 1. The Kier molecular flexibility index (Phi) is 5.20. The highest BCUT2D eigenvalue weighted by atomic mass is 35.5. The Labute approximate surface area is 126 Å². The number of nitrogens with zero attached hydrogens (tertiary/aromatic N) is 2. The lowest BCUT2D eigenvalue weighted by molar-refractivity contribution is -0.115. The molecule has 0 saturated heterocycles. The molecule has 3 N–H and O–H groups in total. The van der Waals surface area contributed by atoms with Crippen LogP contribution in [0.2, 0.25) is 5.02 Å². The van der Waals surface area contributed by atoms with Crippen LogP contribution in [0.4, 0.5) is 11.4 Å². The Bertz CT molecular complexity index is 594. The number of anilines is 2. The lowest BCUT2D eigenvalue weighted by atomic mass is 10.2. The summed E-state index contributed by atoms with van der Waals surface area (Å²) in [4.78, 5) is 19.7. The van der Waals surface area contributed by atoms with Gasteiger partial charge in [-0.15, -0.1) is 11.8 Å². The van der Waals surface area contributed by atoms with Crippen LogP contribution in [0.15, 0.2) is 41.8 Å². The van der Waals surface area contributed by atoms with Gasteiger partial charge in [-0.1, -0.05) is 11.6 Å². The molecule has 1 aromatic heterocycles. The fourth-order valence-corrected chi connectivity index (χ4v) is 2.41. The minimum absolute atomic E-state index is 0.111. The average Bonchev–Trinajstić information content (AvgIpc) is 2.44. The third-order valence-corrected chi connectivity index (χ3v) is 3.60. The molecule has 5 nitrogen and oxygen atoms in total. The topological polar surface area (TPSA) is 80.9 Å². The van der Waals surface area contributed by atoms with E-state index in [4.69, 9.17) is 17.3 Å². The zero-order valence-corrected chi connectivity index (χ0v) is 12.1. The van der Waals surface area contributed by atoms with Crippen LogP contribution in [0.3, 0.4) is 0 Å². The molecule has 0 aliphatic rings. The summed E-state index contributed by atoms with van der Waals surface area (Å²) >= 11 is 7.36. The first-order valence-electron chi connectivity index (χ1n) is 5.89. The molecule has 0 saturated carbocycles. The highest BCUT2D eigenvalue weighted by Gasteiger charge is 2.06. The number of nitrogen functional groups attached to an aromatic ring is 1. The van der Waals surface area contributed by atoms with E-state index in [1.807, 2.05) is 0 Å². The van der Waals surface area contributed by atoms with Crippen molar-refractivity contribution in [3.63, 3.8) is 0 Å². The van der Waals surface area contributed by atoms with Gasteiger partial charge in [-0.2, -0.15) is 0 Å². The summed E-state index contributed by atoms with van der Waals surface area (Å²) in [5.74, 6) is 0.518. The van der Waals surface area contributed by atoms with E-state index in [0.29, 0.717) is 28.6 Å². The quantitative estimate of drug-likeness (QED) is 0.504. The predicted octanol–water partition coefficient (Wildman–Crippen LogP) is 2.83. The third-order valence-electron chi connectivity index (χ3n) is 2.42. The molecule has 0 aliphatic heterocycles. The lowest BCUT2D eigenvalue weighted by Crippen LogP contribution is -2.13. The van der Waals surface area contributed by atoms with Crippen molar-refractivity contribution in [2.24, 2.45) is 0 Å². The Hall–Kier alpha value is -1.79. The number of hydrogen-bond acceptors (Lipinski definition) is 5. The number of benzene rings is 1. The maximum atomic E-state index is 11.8. The fraction of sp³-hybridized carbons (Fsp3) is 0.154. The van der Waals surface area contributed by atoms with E-state index in [0.717, 1.165) is 5.03 Å². The first-order valence-corrected chi connectivity index (χ1v) is 7.25. The number of nitrogens with two attached hydrogens (primary N) is 1. The smallest absolute Gasteiger partial charge is 0.225 e. The molecule has 1 amide bonds. The summed E-state index contributed by atoms with van der Waals surface area (Å²) in [5, 5.41) is 4.12. The number of rotatable bonds is 5. The normalized spacial score (nSPS) is 10.2. The van der Waals surface area contributed by atoms with Gasteiger partial charge in [-0.05, 0) is 24.3 Å². The number of nitrogens with one attached hydrogen (secondary N) is 1. The second-order valence-electron chi connectivity index (χ2n) is 3.93. The number of aromatic nitrogens is 2. The van der Waals surface area contributed by atoms with Gasteiger partial charge >= 0.3 is 0 Å². The molecule has 0 radical (unpaired) electrons. The summed E-state index contributed by atoms with van der Waals surface area (Å²) in [6, 6.07) is 6.77. The summed E-state index contributed by atoms with van der Waals surface area (Å²) in [6.07, 6.45) is 3.51. The first kappa shape index (κ1) is 14.6. The van der Waals surface area contributed by atoms with Gasteiger partial charge in [0.25, 0.3) is 0 Å². The van der Waals surface area contributed by atoms with E-state index >= 15 is 0 Å². The largest absolute Gasteiger partial charge is 0.397 e. The molecule has 0 bridgehead atoms. The molecule has 0 spiro atoms. The van der Waals surface area contributed by atoms with Crippen LogP contribution in [-0.2, 0) is 4.79 Å². The van der Waals surface area contributed by atoms with E-state index < -0.39 is 0 Å². The number of carbonyl (C=O) groups is 1. The average molecular weight is 309 g/mol. The highest BCUT2D eigenvalue weighted by Crippen LogP contribution is 2.23. The Morgan fingerprint density at radius 3 is 3.00 bits per heavy atom. The zero-order chi connectivity index (χ0) is 14.4. The Morgan fingerprint density at radius 2 is 2.25 bits per heavy atom. The molecule has 20 heavy (non-hydrogen) atoms. The van der Waals surface area contributed by atoms with E-state index in [1.165, 1.54) is 18.1 Å². The second kappa shape index (κ2) is 7.12. The molecule has 0 aliphatic carbocycles. The number of halogens is 1. The van der Waals surface area contributed by atoms with Gasteiger partial charge in [0.2, 0.25) is 5.91 Å². The molecule has 7 heteroatoms. The van der Waals surface area contributed by atoms with E-state index in [-0.39, 0.29) is 5.91 Å². The fourth-order valence-electron chi connectivity index (χ4n) is 1.46. The van der Waals surface area contributed by atoms with Crippen molar-refractivity contribution in [3.8, 4) is 0 Å². The zero-order valence-electron chi connectivity index (χ0n) is 10.5. The minimum atomic E-state index is -0.111. The maximum Gasteiger partial charge on any atom is 0.225 e. The van der Waals surface area contributed by atoms with E-state index in [9.17, 15) is 4.79 Å². The van der Waals surface area contributed by atoms with Crippen LogP contribution < -0.4 is 11.1 Å². The van der Waals surface area contributed by atoms with Crippen molar-refractivity contribution in [3.05, 3.63) is 41.8 Å². The lowest BCUT2D eigenvalue weighted by Gasteiger charge is -2.08. The molecule has 0 fully saturated rings.